The average molecular weight is 449 g/mol. The molecule has 0 aromatic carbocycles. The summed E-state index contributed by atoms with van der Waals surface area (Å²) < 4.78 is 19.2. The molecule has 3 aliphatic rings. The quantitative estimate of drug-likeness (QED) is 0.702. The molecule has 1 saturated heterocycles. The minimum Gasteiger partial charge on any atom is -0.342 e. The van der Waals surface area contributed by atoms with Gasteiger partial charge >= 0.3 is 5.91 Å². The second kappa shape index (κ2) is 8.68. The summed E-state index contributed by atoms with van der Waals surface area (Å²) in [6.07, 6.45) is 8.18. The second-order valence-electron chi connectivity index (χ2n) is 10.3. The molecule has 0 bridgehead atoms. The molecule has 2 amide bonds. The van der Waals surface area contributed by atoms with Crippen LogP contribution in [0.2, 0.25) is 0 Å². The molecule has 2 atom stereocenters. The van der Waals surface area contributed by atoms with Crippen molar-refractivity contribution in [2.75, 3.05) is 24.6 Å². The highest BCUT2D eigenvalue weighted by Crippen LogP contribution is 2.42. The monoisotopic (exact) mass is 448 g/mol. The maximum Gasteiger partial charge on any atom is 0.305 e. The number of hydrogen-bond donors (Lipinski definition) is 0. The highest BCUT2D eigenvalue weighted by Gasteiger charge is 2.35. The van der Waals surface area contributed by atoms with Gasteiger partial charge in [0.1, 0.15) is 0 Å². The first-order valence-electron chi connectivity index (χ1n) is 11.8. The summed E-state index contributed by atoms with van der Waals surface area (Å²) in [5.41, 5.74) is 1.54. The second-order valence-corrected chi connectivity index (χ2v) is 12.8. The van der Waals surface area contributed by atoms with Gasteiger partial charge in [0.2, 0.25) is 5.91 Å². The van der Waals surface area contributed by atoms with Crippen LogP contribution in [0.15, 0.2) is 10.4 Å². The maximum absolute atomic E-state index is 13.3. The first kappa shape index (κ1) is 22.5. The van der Waals surface area contributed by atoms with Gasteiger partial charge < -0.3 is 4.90 Å². The van der Waals surface area contributed by atoms with Gasteiger partial charge in [-0.1, -0.05) is 26.7 Å². The van der Waals surface area contributed by atoms with Crippen molar-refractivity contribution >= 4 is 21.5 Å². The van der Waals surface area contributed by atoms with E-state index in [1.165, 1.54) is 19.3 Å². The molecular formula is C23H36N4O3S. The normalized spacial score (nSPS) is 28.7. The van der Waals surface area contributed by atoms with Crippen LogP contribution < -0.4 is 0 Å². The van der Waals surface area contributed by atoms with Crippen molar-refractivity contribution in [3.8, 4) is 0 Å². The zero-order valence-electron chi connectivity index (χ0n) is 19.1. The largest absolute Gasteiger partial charge is 0.342 e. The van der Waals surface area contributed by atoms with Gasteiger partial charge in [0.25, 0.3) is 0 Å². The topological polar surface area (TPSA) is 84.6 Å². The molecule has 31 heavy (non-hydrogen) atoms. The molecule has 2 aliphatic carbocycles. The van der Waals surface area contributed by atoms with Gasteiger partial charge in [-0.25, -0.2) is 4.21 Å². The number of hydrogen-bond acceptors (Lipinski definition) is 4. The molecule has 2 unspecified atom stereocenters. The summed E-state index contributed by atoms with van der Waals surface area (Å²) in [5.74, 6) is 1.20. The van der Waals surface area contributed by atoms with Crippen LogP contribution in [0.1, 0.15) is 87.3 Å². The van der Waals surface area contributed by atoms with Crippen molar-refractivity contribution in [1.29, 1.82) is 0 Å². The fourth-order valence-electron chi connectivity index (χ4n) is 5.12. The Morgan fingerprint density at radius 3 is 2.65 bits per heavy atom. The molecule has 1 aliphatic heterocycles. The van der Waals surface area contributed by atoms with E-state index >= 15 is 0 Å². The van der Waals surface area contributed by atoms with E-state index in [1.807, 2.05) is 11.9 Å². The molecular weight excluding hydrogens is 412 g/mol. The predicted octanol–water partition coefficient (Wildman–Crippen LogP) is 3.74. The van der Waals surface area contributed by atoms with E-state index in [-0.39, 0.29) is 22.8 Å². The summed E-state index contributed by atoms with van der Waals surface area (Å²) >= 11 is 0. The summed E-state index contributed by atoms with van der Waals surface area (Å²) in [7, 11) is -0.832. The van der Waals surface area contributed by atoms with Gasteiger partial charge in [-0.2, -0.15) is 9.46 Å². The fraction of sp³-hybridized carbons (Fsp3) is 0.783. The highest BCUT2D eigenvalue weighted by atomic mass is 32.2. The molecule has 2 saturated carbocycles. The predicted molar refractivity (Wildman–Crippen MR) is 121 cm³/mol. The van der Waals surface area contributed by atoms with Crippen molar-refractivity contribution in [1.82, 2.24) is 14.7 Å². The Morgan fingerprint density at radius 1 is 1.16 bits per heavy atom. The first-order valence-corrected chi connectivity index (χ1v) is 13.6. The number of carbonyl (C=O) groups excluding carboxylic acids is 2. The van der Waals surface area contributed by atoms with E-state index in [1.54, 1.807) is 10.7 Å². The van der Waals surface area contributed by atoms with Crippen LogP contribution >= 0.6 is 0 Å². The van der Waals surface area contributed by atoms with E-state index in [4.69, 9.17) is 0 Å². The minimum absolute atomic E-state index is 0.161. The summed E-state index contributed by atoms with van der Waals surface area (Å²) in [5, 5.41) is 4.30. The molecule has 2 heterocycles. The SMILES string of the molecule is Cn1nc(C(=O)N=S2(=O)CCCN(C(=O)CC3CCCCC3(C)C)CC2)cc1C1CC1. The molecule has 172 valence electrons. The fourth-order valence-corrected chi connectivity index (χ4v) is 6.99. The van der Waals surface area contributed by atoms with Crippen LogP contribution in [0.5, 0.6) is 0 Å². The molecule has 0 spiro atoms. The van der Waals surface area contributed by atoms with Gasteiger partial charge in [0.15, 0.2) is 5.69 Å². The van der Waals surface area contributed by atoms with Gasteiger partial charge in [0, 0.05) is 49.7 Å². The lowest BCUT2D eigenvalue weighted by molar-refractivity contribution is -0.133. The van der Waals surface area contributed by atoms with Crippen LogP contribution in [0, 0.1) is 11.3 Å². The van der Waals surface area contributed by atoms with Crippen molar-refractivity contribution < 1.29 is 13.8 Å². The van der Waals surface area contributed by atoms with E-state index in [0.717, 1.165) is 25.0 Å². The zero-order valence-corrected chi connectivity index (χ0v) is 20.0. The molecule has 0 radical (unpaired) electrons. The summed E-state index contributed by atoms with van der Waals surface area (Å²) in [4.78, 5) is 27.5. The van der Waals surface area contributed by atoms with Crippen LogP contribution in [-0.2, 0) is 21.6 Å². The van der Waals surface area contributed by atoms with Gasteiger partial charge in [-0.05, 0) is 49.5 Å². The lowest BCUT2D eigenvalue weighted by Crippen LogP contribution is -2.38. The summed E-state index contributed by atoms with van der Waals surface area (Å²) in [6.45, 7) is 5.56. The number of amides is 2. The van der Waals surface area contributed by atoms with Crippen LogP contribution in [0.25, 0.3) is 0 Å². The number of aryl methyl sites for hydroxylation is 1. The van der Waals surface area contributed by atoms with Crippen molar-refractivity contribution in [3.05, 3.63) is 17.5 Å². The van der Waals surface area contributed by atoms with Gasteiger partial charge in [-0.3, -0.25) is 14.3 Å². The zero-order chi connectivity index (χ0) is 22.2. The minimum atomic E-state index is -2.67. The molecule has 8 heteroatoms. The third-order valence-corrected chi connectivity index (χ3v) is 9.70. The Hall–Kier alpha value is -1.70. The molecule has 3 fully saturated rings. The van der Waals surface area contributed by atoms with Crippen LogP contribution in [0.3, 0.4) is 0 Å². The Balaban J connectivity index is 1.40. The standard InChI is InChI=1S/C23H36N4O3S/c1-23(2)10-5-4-7-18(23)15-21(28)27-11-6-13-31(30,14-12-27)25-22(29)19-16-20(17-8-9-17)26(3)24-19/h16-18H,4-15H2,1-3H3. The Morgan fingerprint density at radius 2 is 1.94 bits per heavy atom. The average Bonchev–Trinajstić information content (AvgIpc) is 3.49. The van der Waals surface area contributed by atoms with Crippen molar-refractivity contribution in [2.24, 2.45) is 22.7 Å². The van der Waals surface area contributed by atoms with E-state index in [0.29, 0.717) is 43.5 Å². The van der Waals surface area contributed by atoms with Crippen LogP contribution in [0.4, 0.5) is 0 Å². The molecule has 1 aromatic heterocycles. The lowest BCUT2D eigenvalue weighted by atomic mass is 9.67. The summed E-state index contributed by atoms with van der Waals surface area (Å²) in [6, 6.07) is 1.80. The van der Waals surface area contributed by atoms with Gasteiger partial charge in [0.05, 0.1) is 9.73 Å². The van der Waals surface area contributed by atoms with Crippen molar-refractivity contribution in [3.63, 3.8) is 0 Å². The molecule has 1 aromatic rings. The third kappa shape index (κ3) is 5.21. The lowest BCUT2D eigenvalue weighted by Gasteiger charge is -2.39. The van der Waals surface area contributed by atoms with E-state index in [2.05, 4.69) is 23.3 Å². The van der Waals surface area contributed by atoms with Crippen LogP contribution in [-0.4, -0.2) is 55.3 Å². The number of nitrogens with zero attached hydrogens (tertiary/aromatic N) is 4. The number of aromatic nitrogens is 2. The van der Waals surface area contributed by atoms with Crippen molar-refractivity contribution in [2.45, 2.75) is 71.1 Å². The Kier molecular flexibility index (Phi) is 6.30. The molecule has 0 N–H and O–H groups in total. The number of rotatable bonds is 4. The number of carbonyl (C=O) groups is 2. The third-order valence-electron chi connectivity index (χ3n) is 7.45. The van der Waals surface area contributed by atoms with E-state index < -0.39 is 15.6 Å². The van der Waals surface area contributed by atoms with E-state index in [9.17, 15) is 13.8 Å². The first-order chi connectivity index (χ1) is 14.7. The van der Waals surface area contributed by atoms with Gasteiger partial charge in [-0.15, -0.1) is 0 Å². The maximum atomic E-state index is 13.3. The molecule has 4 rings (SSSR count). The smallest absolute Gasteiger partial charge is 0.305 e. The Labute approximate surface area is 186 Å². The highest BCUT2D eigenvalue weighted by molar-refractivity contribution is 7.93. The molecule has 7 nitrogen and oxygen atoms in total. The Bertz CT molecular complexity index is 969.